The Kier molecular flexibility index (Phi) is 13.8. The number of nitrogens with one attached hydrogen (secondary N) is 1. The van der Waals surface area contributed by atoms with E-state index in [4.69, 9.17) is 33.2 Å². The van der Waals surface area contributed by atoms with Crippen molar-refractivity contribution in [3.8, 4) is 11.5 Å². The minimum atomic E-state index is -4.25. The van der Waals surface area contributed by atoms with Crippen molar-refractivity contribution in [3.05, 3.63) is 54.1 Å². The molecule has 5 atom stereocenters. The van der Waals surface area contributed by atoms with E-state index in [1.54, 1.807) is 6.07 Å². The van der Waals surface area contributed by atoms with Gasteiger partial charge in [-0.3, -0.25) is 4.90 Å². The van der Waals surface area contributed by atoms with Crippen molar-refractivity contribution in [2.45, 2.75) is 87.8 Å². The molecule has 0 unspecified atom stereocenters. The molecule has 16 nitrogen and oxygen atoms in total. The summed E-state index contributed by atoms with van der Waals surface area (Å²) in [6, 6.07) is 12.0. The van der Waals surface area contributed by atoms with Crippen molar-refractivity contribution in [2.75, 3.05) is 59.6 Å². The Balaban J connectivity index is 1.17. The summed E-state index contributed by atoms with van der Waals surface area (Å²) in [5.41, 5.74) is 0.229. The Bertz CT molecular complexity index is 1690. The van der Waals surface area contributed by atoms with E-state index >= 15 is 0 Å². The topological polar surface area (TPSA) is 192 Å². The van der Waals surface area contributed by atoms with Crippen LogP contribution >= 0.6 is 0 Å². The summed E-state index contributed by atoms with van der Waals surface area (Å²) in [5, 5.41) is 25.6. The van der Waals surface area contributed by atoms with Gasteiger partial charge in [-0.05, 0) is 48.8 Å². The first-order valence-electron chi connectivity index (χ1n) is 18.9. The fraction of sp³-hybridized carbons (Fsp3) is 0.632. The van der Waals surface area contributed by atoms with Crippen molar-refractivity contribution in [1.82, 2.24) is 14.5 Å². The lowest BCUT2D eigenvalue weighted by atomic mass is 9.86. The summed E-state index contributed by atoms with van der Waals surface area (Å²) in [5.74, 6) is 0.516. The number of rotatable bonds is 18. The highest BCUT2D eigenvalue weighted by atomic mass is 32.2. The number of benzene rings is 2. The van der Waals surface area contributed by atoms with Gasteiger partial charge >= 0.3 is 12.2 Å². The minimum Gasteiger partial charge on any atom is -0.465 e. The summed E-state index contributed by atoms with van der Waals surface area (Å²) in [4.78, 5) is 26.5. The molecular formula is C38H53N3O13S. The number of fused-ring (bicyclic) bond motifs is 2. The fourth-order valence-corrected chi connectivity index (χ4v) is 9.34. The van der Waals surface area contributed by atoms with Crippen LogP contribution in [-0.2, 0) is 40.1 Å². The molecule has 4 aliphatic heterocycles. The van der Waals surface area contributed by atoms with Gasteiger partial charge in [0, 0.05) is 31.6 Å². The highest BCUT2D eigenvalue weighted by Crippen LogP contribution is 2.38. The van der Waals surface area contributed by atoms with Gasteiger partial charge in [0.2, 0.25) is 16.8 Å². The number of ether oxygens (including phenoxy) is 7. The first-order chi connectivity index (χ1) is 26.4. The standard InChI is InChI=1S/C38H53N3O13S/c1-38(2,14-7-4-8-15-39-36(43)54-27-20-48-24-49-21-27)23-40(55(46,47)28-11-12-33-34(18-28)53-25-52-33)19-32(42)30(17-26-9-5-3-6-10-26)41(37(44)45)31-22-51-35-29(31)13-16-50-35/h3,5-6,9-12,18,27,29-32,35,42H,4,7-8,13-17,19-25H2,1-2H3,(H,39,43)(H,44,45)/t29-,30-,31-,32+,35+/m0/s1. The zero-order valence-corrected chi connectivity index (χ0v) is 32.2. The molecule has 4 aliphatic rings. The van der Waals surface area contributed by atoms with Crippen LogP contribution in [0, 0.1) is 11.3 Å². The molecule has 6 rings (SSSR count). The second-order valence-electron chi connectivity index (χ2n) is 15.2. The number of amides is 2. The zero-order chi connectivity index (χ0) is 39.0. The molecule has 304 valence electrons. The third-order valence-corrected chi connectivity index (χ3v) is 12.3. The number of aliphatic hydroxyl groups is 1. The highest BCUT2D eigenvalue weighted by Gasteiger charge is 2.49. The SMILES string of the molecule is CC(C)(CCCCCNC(=O)OC1COCOC1)CN(C[C@@H](O)[C@H](Cc1ccccc1)N(C(=O)O)[C@H]1CO[C@H]2OCC[C@H]21)S(=O)(=O)c1ccc2c(c1)OCO2. The quantitative estimate of drug-likeness (QED) is 0.185. The van der Waals surface area contributed by atoms with Crippen molar-refractivity contribution in [3.63, 3.8) is 0 Å². The number of unbranched alkanes of at least 4 members (excludes halogenated alkanes) is 2. The maximum atomic E-state index is 14.5. The maximum Gasteiger partial charge on any atom is 0.407 e. The Morgan fingerprint density at radius 3 is 2.51 bits per heavy atom. The van der Waals surface area contributed by atoms with Crippen molar-refractivity contribution < 1.29 is 61.4 Å². The molecular weight excluding hydrogens is 738 g/mol. The van der Waals surface area contributed by atoms with Crippen LogP contribution in [0.2, 0.25) is 0 Å². The van der Waals surface area contributed by atoms with Gasteiger partial charge in [0.25, 0.3) is 0 Å². The van der Waals surface area contributed by atoms with Crippen molar-refractivity contribution >= 4 is 22.2 Å². The lowest BCUT2D eigenvalue weighted by Gasteiger charge is -2.40. The van der Waals surface area contributed by atoms with Crippen LogP contribution in [0.5, 0.6) is 11.5 Å². The summed E-state index contributed by atoms with van der Waals surface area (Å²) < 4.78 is 68.4. The summed E-state index contributed by atoms with van der Waals surface area (Å²) in [6.07, 6.45) is -0.584. The number of aliphatic hydroxyl groups excluding tert-OH is 1. The van der Waals surface area contributed by atoms with E-state index in [9.17, 15) is 28.2 Å². The molecule has 0 bridgehead atoms. The van der Waals surface area contributed by atoms with Gasteiger partial charge in [0.15, 0.2) is 23.9 Å². The number of alkyl carbamates (subject to hydrolysis) is 1. The second kappa shape index (κ2) is 18.5. The molecule has 2 aromatic rings. The van der Waals surface area contributed by atoms with Crippen LogP contribution in [0.3, 0.4) is 0 Å². The molecule has 4 heterocycles. The molecule has 2 amide bonds. The van der Waals surface area contributed by atoms with E-state index in [0.717, 1.165) is 18.4 Å². The molecule has 3 saturated heterocycles. The predicted octanol–water partition coefficient (Wildman–Crippen LogP) is 3.81. The molecule has 2 aromatic carbocycles. The molecule has 3 fully saturated rings. The lowest BCUT2D eigenvalue weighted by molar-refractivity contribution is -0.151. The van der Waals surface area contributed by atoms with Crippen LogP contribution in [0.25, 0.3) is 0 Å². The Hall–Kier alpha value is -3.71. The van der Waals surface area contributed by atoms with Crippen molar-refractivity contribution in [1.29, 1.82) is 0 Å². The molecule has 0 saturated carbocycles. The Labute approximate surface area is 321 Å². The molecule has 0 aromatic heterocycles. The number of carbonyl (C=O) groups is 2. The monoisotopic (exact) mass is 791 g/mol. The fourth-order valence-electron chi connectivity index (χ4n) is 7.68. The summed E-state index contributed by atoms with van der Waals surface area (Å²) in [6.45, 7) is 5.29. The summed E-state index contributed by atoms with van der Waals surface area (Å²) in [7, 11) is -4.25. The Morgan fingerprint density at radius 2 is 1.75 bits per heavy atom. The lowest BCUT2D eigenvalue weighted by Crippen LogP contribution is -2.58. The van der Waals surface area contributed by atoms with Gasteiger partial charge in [-0.25, -0.2) is 18.0 Å². The van der Waals surface area contributed by atoms with Crippen LogP contribution in [0.1, 0.15) is 51.5 Å². The molecule has 0 spiro atoms. The molecule has 0 radical (unpaired) electrons. The van der Waals surface area contributed by atoms with Crippen LogP contribution < -0.4 is 14.8 Å². The van der Waals surface area contributed by atoms with E-state index < -0.39 is 58.2 Å². The van der Waals surface area contributed by atoms with E-state index in [0.29, 0.717) is 43.9 Å². The average Bonchev–Trinajstić information content (AvgIpc) is 3.92. The molecule has 0 aliphatic carbocycles. The van der Waals surface area contributed by atoms with Gasteiger partial charge in [-0.15, -0.1) is 0 Å². The van der Waals surface area contributed by atoms with Crippen LogP contribution in [0.15, 0.2) is 53.4 Å². The van der Waals surface area contributed by atoms with Gasteiger partial charge in [-0.2, -0.15) is 4.31 Å². The first kappa shape index (κ1) is 40.9. The number of hydrogen-bond donors (Lipinski definition) is 3. The van der Waals surface area contributed by atoms with Gasteiger partial charge in [-0.1, -0.05) is 57.0 Å². The molecule has 3 N–H and O–H groups in total. The van der Waals surface area contributed by atoms with Gasteiger partial charge in [0.05, 0.1) is 49.5 Å². The molecule has 17 heteroatoms. The summed E-state index contributed by atoms with van der Waals surface area (Å²) >= 11 is 0. The highest BCUT2D eigenvalue weighted by molar-refractivity contribution is 7.89. The van der Waals surface area contributed by atoms with Crippen LogP contribution in [-0.4, -0.2) is 130 Å². The number of carboxylic acid groups (broad SMARTS) is 1. The van der Waals surface area contributed by atoms with Crippen LogP contribution in [0.4, 0.5) is 9.59 Å². The normalized spacial score (nSPS) is 22.3. The van der Waals surface area contributed by atoms with E-state index in [1.807, 2.05) is 44.2 Å². The number of nitrogens with zero attached hydrogens (tertiary/aromatic N) is 2. The number of hydrogen-bond acceptors (Lipinski definition) is 12. The van der Waals surface area contributed by atoms with E-state index in [-0.39, 0.29) is 63.7 Å². The maximum absolute atomic E-state index is 14.5. The van der Waals surface area contributed by atoms with E-state index in [2.05, 4.69) is 5.32 Å². The number of sulfonamides is 1. The predicted molar refractivity (Wildman–Crippen MR) is 196 cm³/mol. The molecule has 55 heavy (non-hydrogen) atoms. The van der Waals surface area contributed by atoms with E-state index in [1.165, 1.54) is 21.3 Å². The largest absolute Gasteiger partial charge is 0.465 e. The second-order valence-corrected chi connectivity index (χ2v) is 17.1. The zero-order valence-electron chi connectivity index (χ0n) is 31.4. The third kappa shape index (κ3) is 10.6. The third-order valence-electron chi connectivity index (χ3n) is 10.5. The number of carbonyl (C=O) groups excluding carboxylic acids is 1. The van der Waals surface area contributed by atoms with Crippen molar-refractivity contribution in [2.24, 2.45) is 11.3 Å². The van der Waals surface area contributed by atoms with Gasteiger partial charge < -0.3 is 48.7 Å². The Morgan fingerprint density at radius 1 is 0.982 bits per heavy atom. The first-order valence-corrected chi connectivity index (χ1v) is 20.3. The average molecular weight is 792 g/mol. The smallest absolute Gasteiger partial charge is 0.407 e. The minimum absolute atomic E-state index is 0.0284. The van der Waals surface area contributed by atoms with Gasteiger partial charge in [0.1, 0.15) is 6.79 Å².